The van der Waals surface area contributed by atoms with Gasteiger partial charge in [-0.05, 0) is 64.4 Å². The van der Waals surface area contributed by atoms with E-state index in [4.69, 9.17) is 0 Å². The molecule has 1 aromatic heterocycles. The third kappa shape index (κ3) is 4.13. The summed E-state index contributed by atoms with van der Waals surface area (Å²) in [6.07, 6.45) is 2.45. The fourth-order valence-corrected chi connectivity index (χ4v) is 3.82. The minimum atomic E-state index is -0.600. The monoisotopic (exact) mass is 362 g/mol. The van der Waals surface area contributed by atoms with Gasteiger partial charge in [-0.3, -0.25) is 0 Å². The Morgan fingerprint density at radius 1 is 1.27 bits per heavy atom. The van der Waals surface area contributed by atoms with E-state index in [2.05, 4.69) is 22.2 Å². The number of rotatable bonds is 7. The van der Waals surface area contributed by atoms with Crippen molar-refractivity contribution in [2.75, 3.05) is 26.2 Å². The van der Waals surface area contributed by atoms with Gasteiger partial charge in [0.1, 0.15) is 11.5 Å². The maximum absolute atomic E-state index is 14.1. The van der Waals surface area contributed by atoms with Gasteiger partial charge in [0.05, 0.1) is 5.69 Å². The fourth-order valence-electron chi connectivity index (χ4n) is 3.82. The van der Waals surface area contributed by atoms with E-state index in [0.29, 0.717) is 12.5 Å². The van der Waals surface area contributed by atoms with Crippen LogP contribution in [0, 0.1) is 31.4 Å². The topological polar surface area (TPSA) is 33.1 Å². The molecule has 0 amide bonds. The number of nitrogens with one attached hydrogen (secondary N) is 1. The molecule has 1 atom stereocenters. The molecule has 1 fully saturated rings. The summed E-state index contributed by atoms with van der Waals surface area (Å²) in [6, 6.07) is 3.59. The van der Waals surface area contributed by atoms with Crippen LogP contribution in [-0.4, -0.2) is 40.9 Å². The molecule has 1 aliphatic rings. The number of benzene rings is 1. The van der Waals surface area contributed by atoms with Crippen LogP contribution in [0.5, 0.6) is 0 Å². The molecule has 2 aromatic rings. The summed E-state index contributed by atoms with van der Waals surface area (Å²) in [5.41, 5.74) is 3.12. The van der Waals surface area contributed by atoms with Crippen molar-refractivity contribution < 1.29 is 8.78 Å². The Balaban J connectivity index is 1.63. The summed E-state index contributed by atoms with van der Waals surface area (Å²) in [5, 5.41) is 8.01. The molecule has 1 aliphatic heterocycles. The van der Waals surface area contributed by atoms with Crippen LogP contribution in [0.25, 0.3) is 5.69 Å². The van der Waals surface area contributed by atoms with Crippen LogP contribution in [0.1, 0.15) is 36.7 Å². The van der Waals surface area contributed by atoms with Gasteiger partial charge in [-0.2, -0.15) is 5.10 Å². The molecule has 3 rings (SSSR count). The van der Waals surface area contributed by atoms with Crippen LogP contribution in [0.2, 0.25) is 0 Å². The van der Waals surface area contributed by atoms with Crippen molar-refractivity contribution in [1.82, 2.24) is 20.0 Å². The second-order valence-electron chi connectivity index (χ2n) is 7.24. The van der Waals surface area contributed by atoms with Gasteiger partial charge in [-0.1, -0.05) is 6.92 Å². The Bertz CT molecular complexity index is 757. The Hall–Kier alpha value is -1.79. The van der Waals surface area contributed by atoms with Gasteiger partial charge in [0.15, 0.2) is 5.82 Å². The summed E-state index contributed by atoms with van der Waals surface area (Å²) in [7, 11) is 0. The highest BCUT2D eigenvalue weighted by molar-refractivity contribution is 5.38. The van der Waals surface area contributed by atoms with Crippen molar-refractivity contribution in [2.45, 2.75) is 40.2 Å². The van der Waals surface area contributed by atoms with Crippen molar-refractivity contribution >= 4 is 0 Å². The summed E-state index contributed by atoms with van der Waals surface area (Å²) in [5.74, 6) is -0.493. The van der Waals surface area contributed by atoms with E-state index in [1.807, 2.05) is 13.8 Å². The summed E-state index contributed by atoms with van der Waals surface area (Å²) in [4.78, 5) is 2.53. The van der Waals surface area contributed by atoms with Gasteiger partial charge in [-0.25, -0.2) is 13.5 Å². The van der Waals surface area contributed by atoms with E-state index in [9.17, 15) is 8.78 Å². The molecule has 1 unspecified atom stereocenters. The Morgan fingerprint density at radius 3 is 2.81 bits per heavy atom. The van der Waals surface area contributed by atoms with E-state index in [1.54, 1.807) is 4.68 Å². The lowest BCUT2D eigenvalue weighted by Gasteiger charge is -2.15. The smallest absolute Gasteiger partial charge is 0.151 e. The first-order valence-corrected chi connectivity index (χ1v) is 9.43. The molecule has 0 radical (unpaired) electrons. The van der Waals surface area contributed by atoms with Crippen LogP contribution in [0.3, 0.4) is 0 Å². The number of likely N-dealkylation sites (tertiary alicyclic amines) is 1. The van der Waals surface area contributed by atoms with Crippen LogP contribution >= 0.6 is 0 Å². The maximum Gasteiger partial charge on any atom is 0.151 e. The first kappa shape index (κ1) is 19.0. The predicted octanol–water partition coefficient (Wildman–Crippen LogP) is 3.59. The number of halogens is 2. The van der Waals surface area contributed by atoms with E-state index < -0.39 is 11.6 Å². The first-order valence-electron chi connectivity index (χ1n) is 9.43. The van der Waals surface area contributed by atoms with Gasteiger partial charge in [0, 0.05) is 30.4 Å². The maximum atomic E-state index is 14.1. The Labute approximate surface area is 154 Å². The molecule has 142 valence electrons. The van der Waals surface area contributed by atoms with Gasteiger partial charge < -0.3 is 10.2 Å². The third-order valence-electron chi connectivity index (χ3n) is 5.22. The number of hydrogen-bond acceptors (Lipinski definition) is 3. The highest BCUT2D eigenvalue weighted by atomic mass is 19.1. The van der Waals surface area contributed by atoms with Gasteiger partial charge in [0.2, 0.25) is 0 Å². The SMILES string of the molecule is CCCN1CCC(CNCc2c(C)nn(-c3ccc(F)cc3F)c2C)C1. The molecule has 0 saturated carbocycles. The highest BCUT2D eigenvalue weighted by Gasteiger charge is 2.22. The van der Waals surface area contributed by atoms with Crippen LogP contribution < -0.4 is 5.32 Å². The van der Waals surface area contributed by atoms with Gasteiger partial charge >= 0.3 is 0 Å². The van der Waals surface area contributed by atoms with Crippen LogP contribution in [0.15, 0.2) is 18.2 Å². The average Bonchev–Trinajstić information content (AvgIpc) is 3.14. The quantitative estimate of drug-likeness (QED) is 0.817. The van der Waals surface area contributed by atoms with Crippen LogP contribution in [-0.2, 0) is 6.54 Å². The molecular formula is C20H28F2N4. The van der Waals surface area contributed by atoms with Gasteiger partial charge in [-0.15, -0.1) is 0 Å². The normalized spacial score (nSPS) is 18.0. The second-order valence-corrected chi connectivity index (χ2v) is 7.24. The Morgan fingerprint density at radius 2 is 2.08 bits per heavy atom. The van der Waals surface area contributed by atoms with Crippen molar-refractivity contribution in [3.63, 3.8) is 0 Å². The van der Waals surface area contributed by atoms with Gasteiger partial charge in [0.25, 0.3) is 0 Å². The molecule has 2 heterocycles. The van der Waals surface area contributed by atoms with E-state index in [0.717, 1.165) is 29.6 Å². The zero-order chi connectivity index (χ0) is 18.7. The molecule has 26 heavy (non-hydrogen) atoms. The predicted molar refractivity (Wildman–Crippen MR) is 99.5 cm³/mol. The molecule has 0 bridgehead atoms. The number of hydrogen-bond donors (Lipinski definition) is 1. The lowest BCUT2D eigenvalue weighted by Crippen LogP contribution is -2.27. The molecule has 6 heteroatoms. The number of aromatic nitrogens is 2. The number of nitrogens with zero attached hydrogens (tertiary/aromatic N) is 3. The molecule has 1 aromatic carbocycles. The van der Waals surface area contributed by atoms with E-state index >= 15 is 0 Å². The van der Waals surface area contributed by atoms with Crippen molar-refractivity contribution in [1.29, 1.82) is 0 Å². The lowest BCUT2D eigenvalue weighted by molar-refractivity contribution is 0.322. The number of aryl methyl sites for hydroxylation is 1. The molecule has 0 spiro atoms. The van der Waals surface area contributed by atoms with Crippen LogP contribution in [0.4, 0.5) is 8.78 Å². The molecule has 0 aliphatic carbocycles. The second kappa shape index (κ2) is 8.27. The fraction of sp³-hybridized carbons (Fsp3) is 0.550. The van der Waals surface area contributed by atoms with Crippen molar-refractivity contribution in [2.24, 2.45) is 5.92 Å². The first-order chi connectivity index (χ1) is 12.5. The third-order valence-corrected chi connectivity index (χ3v) is 5.22. The van der Waals surface area contributed by atoms with Crippen molar-refractivity contribution in [3.8, 4) is 5.69 Å². The zero-order valence-corrected chi connectivity index (χ0v) is 15.9. The van der Waals surface area contributed by atoms with E-state index in [-0.39, 0.29) is 5.69 Å². The highest BCUT2D eigenvalue weighted by Crippen LogP contribution is 2.21. The van der Waals surface area contributed by atoms with Crippen molar-refractivity contribution in [3.05, 3.63) is 46.8 Å². The standard InChI is InChI=1S/C20H28F2N4/c1-4-8-25-9-7-16(13-25)11-23-12-18-14(2)24-26(15(18)3)20-6-5-17(21)10-19(20)22/h5-6,10,16,23H,4,7-9,11-13H2,1-3H3. The minimum Gasteiger partial charge on any atom is -0.312 e. The molecular weight excluding hydrogens is 334 g/mol. The molecule has 1 saturated heterocycles. The lowest BCUT2D eigenvalue weighted by atomic mass is 10.1. The molecule has 4 nitrogen and oxygen atoms in total. The van der Waals surface area contributed by atoms with E-state index in [1.165, 1.54) is 44.6 Å². The summed E-state index contributed by atoms with van der Waals surface area (Å²) < 4.78 is 28.8. The molecule has 1 N–H and O–H groups in total. The largest absolute Gasteiger partial charge is 0.312 e. The summed E-state index contributed by atoms with van der Waals surface area (Å²) in [6.45, 7) is 11.3. The Kier molecular flexibility index (Phi) is 6.04. The zero-order valence-electron chi connectivity index (χ0n) is 15.9. The summed E-state index contributed by atoms with van der Waals surface area (Å²) >= 11 is 0. The minimum absolute atomic E-state index is 0.282. The average molecular weight is 362 g/mol.